The van der Waals surface area contributed by atoms with Crippen LogP contribution in [0.3, 0.4) is 0 Å². The highest BCUT2D eigenvalue weighted by Crippen LogP contribution is 2.42. The zero-order valence-corrected chi connectivity index (χ0v) is 19.1. The highest BCUT2D eigenvalue weighted by atomic mass is 19.4. The number of aryl methyl sites for hydroxylation is 3. The summed E-state index contributed by atoms with van der Waals surface area (Å²) in [5.74, 6) is -0.00404. The number of furan rings is 1. The molecule has 184 valence electrons. The molecule has 0 unspecified atom stereocenters. The number of nitrogens with one attached hydrogen (secondary N) is 1. The Kier molecular flexibility index (Phi) is 5.42. The molecular formula is C25H19F3N4O4. The maximum absolute atomic E-state index is 13.7. The Labute approximate surface area is 202 Å². The van der Waals surface area contributed by atoms with Crippen molar-refractivity contribution in [1.82, 2.24) is 9.78 Å². The third-order valence-corrected chi connectivity index (χ3v) is 6.12. The molecule has 5 rings (SSSR count). The number of hydrogen-bond donors (Lipinski definition) is 1. The number of carbonyl (C=O) groups is 1. The minimum atomic E-state index is -4.63. The van der Waals surface area contributed by atoms with Crippen LogP contribution in [-0.4, -0.2) is 20.6 Å². The minimum Gasteiger partial charge on any atom is -0.469 e. The number of amides is 1. The number of halogens is 3. The number of fused-ring (bicyclic) bond motifs is 3. The van der Waals surface area contributed by atoms with Crippen LogP contribution in [0.1, 0.15) is 38.5 Å². The van der Waals surface area contributed by atoms with Gasteiger partial charge in [0, 0.05) is 29.2 Å². The normalized spacial score (nSPS) is 12.7. The van der Waals surface area contributed by atoms with Crippen molar-refractivity contribution < 1.29 is 27.3 Å². The topological polar surface area (TPSA) is 103 Å². The Morgan fingerprint density at radius 2 is 1.86 bits per heavy atom. The average molecular weight is 496 g/mol. The molecule has 2 aromatic heterocycles. The molecule has 0 aliphatic heterocycles. The molecule has 0 fully saturated rings. The summed E-state index contributed by atoms with van der Waals surface area (Å²) in [6, 6.07) is 10.5. The second-order valence-corrected chi connectivity index (χ2v) is 8.58. The zero-order valence-electron chi connectivity index (χ0n) is 19.1. The lowest BCUT2D eigenvalue weighted by molar-refractivity contribution is -0.384. The number of hydrogen-bond acceptors (Lipinski definition) is 5. The van der Waals surface area contributed by atoms with Crippen LogP contribution in [0.2, 0.25) is 0 Å². The van der Waals surface area contributed by atoms with E-state index >= 15 is 0 Å². The van der Waals surface area contributed by atoms with Crippen LogP contribution < -0.4 is 5.32 Å². The van der Waals surface area contributed by atoms with E-state index in [1.165, 1.54) is 41.3 Å². The van der Waals surface area contributed by atoms with E-state index in [1.54, 1.807) is 26.0 Å². The van der Waals surface area contributed by atoms with Gasteiger partial charge in [-0.3, -0.25) is 14.9 Å². The van der Waals surface area contributed by atoms with Gasteiger partial charge in [-0.15, -0.1) is 0 Å². The molecular weight excluding hydrogens is 477 g/mol. The predicted octanol–water partition coefficient (Wildman–Crippen LogP) is 6.03. The van der Waals surface area contributed by atoms with Gasteiger partial charge >= 0.3 is 6.18 Å². The molecule has 0 bridgehead atoms. The number of benzene rings is 2. The van der Waals surface area contributed by atoms with Crippen LogP contribution in [0.15, 0.2) is 53.1 Å². The smallest absolute Gasteiger partial charge is 0.435 e. The fraction of sp³-hybridized carbons (Fsp3) is 0.200. The highest BCUT2D eigenvalue weighted by molar-refractivity contribution is 6.06. The van der Waals surface area contributed by atoms with Crippen molar-refractivity contribution in [3.63, 3.8) is 0 Å². The number of carbonyl (C=O) groups excluding carboxylic acids is 1. The van der Waals surface area contributed by atoms with Crippen LogP contribution in [-0.2, 0) is 19.0 Å². The van der Waals surface area contributed by atoms with Gasteiger partial charge in [0.1, 0.15) is 11.4 Å². The molecule has 8 nitrogen and oxygen atoms in total. The van der Waals surface area contributed by atoms with Crippen LogP contribution in [0, 0.1) is 24.0 Å². The second kappa shape index (κ2) is 8.36. The van der Waals surface area contributed by atoms with Gasteiger partial charge in [-0.2, -0.15) is 18.3 Å². The van der Waals surface area contributed by atoms with Gasteiger partial charge in [0.2, 0.25) is 0 Å². The molecule has 1 aliphatic carbocycles. The van der Waals surface area contributed by atoms with Crippen molar-refractivity contribution in [1.29, 1.82) is 0 Å². The first-order valence-corrected chi connectivity index (χ1v) is 11.0. The summed E-state index contributed by atoms with van der Waals surface area (Å²) in [5, 5.41) is 17.9. The third kappa shape index (κ3) is 3.92. The largest absolute Gasteiger partial charge is 0.469 e. The number of nitrogens with zero attached hydrogens (tertiary/aromatic N) is 3. The third-order valence-electron chi connectivity index (χ3n) is 6.12. The lowest BCUT2D eigenvalue weighted by Crippen LogP contribution is -2.14. The molecule has 36 heavy (non-hydrogen) atoms. The summed E-state index contributed by atoms with van der Waals surface area (Å²) >= 11 is 0. The first-order valence-electron chi connectivity index (χ1n) is 11.0. The van der Waals surface area contributed by atoms with Crippen LogP contribution >= 0.6 is 0 Å². The molecule has 2 heterocycles. The predicted molar refractivity (Wildman–Crippen MR) is 124 cm³/mol. The number of nitro benzene ring substituents is 1. The van der Waals surface area contributed by atoms with E-state index in [4.69, 9.17) is 4.42 Å². The first-order chi connectivity index (χ1) is 17.0. The van der Waals surface area contributed by atoms with E-state index in [-0.39, 0.29) is 28.9 Å². The Morgan fingerprint density at radius 1 is 1.14 bits per heavy atom. The molecule has 0 atom stereocenters. The summed E-state index contributed by atoms with van der Waals surface area (Å²) in [6.45, 7) is 3.37. The molecule has 1 N–H and O–H groups in total. The molecule has 1 aliphatic rings. The summed E-state index contributed by atoms with van der Waals surface area (Å²) in [7, 11) is 0. The Hall–Kier alpha value is -4.41. The Balaban J connectivity index is 1.50. The molecule has 0 spiro atoms. The molecule has 0 saturated heterocycles. The van der Waals surface area contributed by atoms with E-state index in [0.717, 1.165) is 0 Å². The summed E-state index contributed by atoms with van der Waals surface area (Å²) < 4.78 is 47.8. The van der Waals surface area contributed by atoms with E-state index in [2.05, 4.69) is 10.4 Å². The lowest BCUT2D eigenvalue weighted by atomic mass is 9.94. The highest BCUT2D eigenvalue weighted by Gasteiger charge is 2.41. The number of rotatable bonds is 4. The quantitative estimate of drug-likeness (QED) is 0.275. The number of aromatic nitrogens is 2. The van der Waals surface area contributed by atoms with E-state index in [0.29, 0.717) is 40.3 Å². The van der Waals surface area contributed by atoms with E-state index in [9.17, 15) is 28.1 Å². The van der Waals surface area contributed by atoms with Crippen LogP contribution in [0.5, 0.6) is 0 Å². The molecule has 0 saturated carbocycles. The monoisotopic (exact) mass is 496 g/mol. The van der Waals surface area contributed by atoms with E-state index in [1.807, 2.05) is 0 Å². The van der Waals surface area contributed by atoms with Gasteiger partial charge in [0.15, 0.2) is 5.69 Å². The van der Waals surface area contributed by atoms with Gasteiger partial charge in [-0.05, 0) is 61.7 Å². The van der Waals surface area contributed by atoms with Crippen molar-refractivity contribution in [3.05, 3.63) is 92.6 Å². The lowest BCUT2D eigenvalue weighted by Gasteiger charge is -2.15. The summed E-state index contributed by atoms with van der Waals surface area (Å²) in [6.07, 6.45) is -2.71. The standard InChI is InChI=1S/C25H19F3N4O4/c1-13-11-14(2)21(19(12-13)32(34)35)29-24(33)15-3-5-16(6-4-15)31-22-17-9-10-36-20(17)8-7-18(22)23(30-31)25(26,27)28/h3-6,9-12H,7-8H2,1-2H3,(H,29,33). The van der Waals surface area contributed by atoms with Crippen molar-refractivity contribution in [2.75, 3.05) is 5.32 Å². The molecule has 11 heteroatoms. The first kappa shape index (κ1) is 23.3. The number of nitro groups is 1. The summed E-state index contributed by atoms with van der Waals surface area (Å²) in [5.41, 5.74) is 1.57. The van der Waals surface area contributed by atoms with Crippen LogP contribution in [0.4, 0.5) is 24.5 Å². The molecule has 1 amide bonds. The van der Waals surface area contributed by atoms with Crippen molar-refractivity contribution in [3.8, 4) is 16.9 Å². The van der Waals surface area contributed by atoms with Crippen molar-refractivity contribution in [2.24, 2.45) is 0 Å². The maximum atomic E-state index is 13.7. The molecule has 0 radical (unpaired) electrons. The Bertz CT molecular complexity index is 1520. The van der Waals surface area contributed by atoms with Crippen molar-refractivity contribution in [2.45, 2.75) is 32.9 Å². The van der Waals surface area contributed by atoms with Gasteiger partial charge in [-0.25, -0.2) is 4.68 Å². The van der Waals surface area contributed by atoms with E-state index < -0.39 is 22.7 Å². The molecule has 2 aromatic carbocycles. The SMILES string of the molecule is Cc1cc(C)c(NC(=O)c2ccc(-n3nc(C(F)(F)F)c4c3-c3ccoc3CC4)cc2)c([N+](=O)[O-])c1. The summed E-state index contributed by atoms with van der Waals surface area (Å²) in [4.78, 5) is 23.7. The zero-order chi connectivity index (χ0) is 25.8. The average Bonchev–Trinajstić information content (AvgIpc) is 3.44. The second-order valence-electron chi connectivity index (χ2n) is 8.58. The fourth-order valence-corrected chi connectivity index (χ4v) is 4.55. The van der Waals surface area contributed by atoms with Crippen molar-refractivity contribution >= 4 is 17.3 Å². The number of alkyl halides is 3. The van der Waals surface area contributed by atoms with Gasteiger partial charge < -0.3 is 9.73 Å². The minimum absolute atomic E-state index is 0.0862. The van der Waals surface area contributed by atoms with Gasteiger partial charge in [0.25, 0.3) is 11.6 Å². The number of anilines is 1. The van der Waals surface area contributed by atoms with Gasteiger partial charge in [0.05, 0.1) is 22.6 Å². The van der Waals surface area contributed by atoms with Gasteiger partial charge in [-0.1, -0.05) is 6.07 Å². The Morgan fingerprint density at radius 3 is 2.53 bits per heavy atom. The molecule has 4 aromatic rings. The van der Waals surface area contributed by atoms with Crippen LogP contribution in [0.25, 0.3) is 16.9 Å². The maximum Gasteiger partial charge on any atom is 0.435 e. The fourth-order valence-electron chi connectivity index (χ4n) is 4.55.